The summed E-state index contributed by atoms with van der Waals surface area (Å²) in [5, 5.41) is 8.40. The van der Waals surface area contributed by atoms with Crippen molar-refractivity contribution >= 4 is 0 Å². The van der Waals surface area contributed by atoms with E-state index in [4.69, 9.17) is 11.0 Å². The smallest absolute Gasteiger partial charge is 0.133 e. The minimum atomic E-state index is -0.520. The highest BCUT2D eigenvalue weighted by Crippen LogP contribution is 2.07. The highest BCUT2D eigenvalue weighted by atomic mass is 14.8. The predicted octanol–water partition coefficient (Wildman–Crippen LogP) is 0.847. The molecule has 0 fully saturated rings. The summed E-state index contributed by atoms with van der Waals surface area (Å²) in [6.45, 7) is 1.92. The fraction of sp³-hybridized carbons (Fsp3) is 0.286. The lowest BCUT2D eigenvalue weighted by atomic mass is 10.2. The zero-order chi connectivity index (χ0) is 7.56. The maximum atomic E-state index is 8.40. The molecule has 1 atom stereocenters. The molecule has 10 heavy (non-hydrogen) atoms. The summed E-state index contributed by atoms with van der Waals surface area (Å²) < 4.78 is 0. The lowest BCUT2D eigenvalue weighted by Crippen LogP contribution is -2.07. The maximum Gasteiger partial charge on any atom is 0.133 e. The topological polar surface area (TPSA) is 65.6 Å². The van der Waals surface area contributed by atoms with Crippen molar-refractivity contribution in [1.29, 1.82) is 5.26 Å². The van der Waals surface area contributed by atoms with Crippen LogP contribution in [0.25, 0.3) is 0 Å². The van der Waals surface area contributed by atoms with Gasteiger partial charge in [-0.2, -0.15) is 5.26 Å². The first-order valence-corrected chi connectivity index (χ1v) is 3.04. The number of aromatic amines is 1. The Morgan fingerprint density at radius 1 is 1.70 bits per heavy atom. The molecule has 0 saturated heterocycles. The molecular weight excluding hydrogens is 126 g/mol. The van der Waals surface area contributed by atoms with E-state index in [0.717, 1.165) is 11.4 Å². The molecule has 1 unspecified atom stereocenters. The molecule has 0 aliphatic carbocycles. The molecule has 0 spiro atoms. The summed E-state index contributed by atoms with van der Waals surface area (Å²) in [4.78, 5) is 2.98. The molecule has 1 rings (SSSR count). The summed E-state index contributed by atoms with van der Waals surface area (Å²) in [7, 11) is 0. The molecule has 3 N–H and O–H groups in total. The molecule has 3 nitrogen and oxygen atoms in total. The van der Waals surface area contributed by atoms with E-state index >= 15 is 0 Å². The molecule has 1 aromatic heterocycles. The van der Waals surface area contributed by atoms with Crippen LogP contribution in [0.5, 0.6) is 0 Å². The molecule has 52 valence electrons. The minimum Gasteiger partial charge on any atom is -0.360 e. The number of nitrogens with one attached hydrogen (secondary N) is 1. The van der Waals surface area contributed by atoms with E-state index < -0.39 is 6.04 Å². The molecule has 1 heterocycles. The Kier molecular flexibility index (Phi) is 1.74. The molecule has 0 saturated carbocycles. The van der Waals surface area contributed by atoms with Gasteiger partial charge in [0.1, 0.15) is 6.04 Å². The second kappa shape index (κ2) is 2.54. The molecule has 0 aromatic carbocycles. The van der Waals surface area contributed by atoms with Gasteiger partial charge >= 0.3 is 0 Å². The fourth-order valence-electron chi connectivity index (χ4n) is 0.777. The monoisotopic (exact) mass is 135 g/mol. The second-order valence-electron chi connectivity index (χ2n) is 2.20. The van der Waals surface area contributed by atoms with E-state index in [1.54, 1.807) is 0 Å². The van der Waals surface area contributed by atoms with Gasteiger partial charge in [0, 0.05) is 11.4 Å². The summed E-state index contributed by atoms with van der Waals surface area (Å²) >= 11 is 0. The van der Waals surface area contributed by atoms with Gasteiger partial charge in [-0.1, -0.05) is 0 Å². The van der Waals surface area contributed by atoms with Crippen molar-refractivity contribution in [3.63, 3.8) is 0 Å². The first-order valence-electron chi connectivity index (χ1n) is 3.04. The van der Waals surface area contributed by atoms with E-state index in [1.807, 2.05) is 25.1 Å². The van der Waals surface area contributed by atoms with Crippen molar-refractivity contribution in [1.82, 2.24) is 4.98 Å². The van der Waals surface area contributed by atoms with Crippen LogP contribution >= 0.6 is 0 Å². The van der Waals surface area contributed by atoms with Crippen molar-refractivity contribution < 1.29 is 0 Å². The zero-order valence-electron chi connectivity index (χ0n) is 5.76. The van der Waals surface area contributed by atoms with E-state index in [1.165, 1.54) is 0 Å². The van der Waals surface area contributed by atoms with Crippen LogP contribution in [0.1, 0.15) is 17.4 Å². The normalized spacial score (nSPS) is 12.5. The van der Waals surface area contributed by atoms with Gasteiger partial charge in [-0.25, -0.2) is 0 Å². The summed E-state index contributed by atoms with van der Waals surface area (Å²) in [5.41, 5.74) is 7.22. The Labute approximate surface area is 59.5 Å². The third-order valence-corrected chi connectivity index (χ3v) is 1.33. The number of aryl methyl sites for hydroxylation is 1. The largest absolute Gasteiger partial charge is 0.360 e. The SMILES string of the molecule is Cc1ccc(C(N)C#N)[nH]1. The average Bonchev–Trinajstić information content (AvgIpc) is 2.34. The Morgan fingerprint density at radius 2 is 2.40 bits per heavy atom. The molecule has 1 aromatic rings. The van der Waals surface area contributed by atoms with Crippen molar-refractivity contribution in [2.45, 2.75) is 13.0 Å². The molecule has 0 aliphatic rings. The number of hydrogen-bond donors (Lipinski definition) is 2. The molecule has 0 radical (unpaired) electrons. The van der Waals surface area contributed by atoms with E-state index in [0.29, 0.717) is 0 Å². The van der Waals surface area contributed by atoms with Crippen LogP contribution in [0.3, 0.4) is 0 Å². The quantitative estimate of drug-likeness (QED) is 0.599. The molecule has 3 heteroatoms. The van der Waals surface area contributed by atoms with Crippen molar-refractivity contribution in [3.05, 3.63) is 23.5 Å². The van der Waals surface area contributed by atoms with Crippen LogP contribution in [0.4, 0.5) is 0 Å². The second-order valence-corrected chi connectivity index (χ2v) is 2.20. The zero-order valence-corrected chi connectivity index (χ0v) is 5.76. The van der Waals surface area contributed by atoms with Gasteiger partial charge in [-0.15, -0.1) is 0 Å². The Bertz CT molecular complexity index is 256. The van der Waals surface area contributed by atoms with Crippen LogP contribution in [0.15, 0.2) is 12.1 Å². The molecule has 0 aliphatic heterocycles. The predicted molar refractivity (Wildman–Crippen MR) is 38.1 cm³/mol. The third-order valence-electron chi connectivity index (χ3n) is 1.33. The van der Waals surface area contributed by atoms with Crippen molar-refractivity contribution in [3.8, 4) is 6.07 Å². The number of nitrogens with two attached hydrogens (primary N) is 1. The fourth-order valence-corrected chi connectivity index (χ4v) is 0.777. The highest BCUT2D eigenvalue weighted by Gasteiger charge is 2.03. The van der Waals surface area contributed by atoms with Crippen molar-refractivity contribution in [2.24, 2.45) is 5.73 Å². The first-order chi connectivity index (χ1) is 4.74. The van der Waals surface area contributed by atoms with Gasteiger partial charge < -0.3 is 10.7 Å². The Hall–Kier alpha value is -1.27. The van der Waals surface area contributed by atoms with Gasteiger partial charge in [0.25, 0.3) is 0 Å². The molecular formula is C7H9N3. The number of nitriles is 1. The highest BCUT2D eigenvalue weighted by molar-refractivity contribution is 5.19. The lowest BCUT2D eigenvalue weighted by Gasteiger charge is -1.95. The van der Waals surface area contributed by atoms with E-state index in [2.05, 4.69) is 4.98 Å². The van der Waals surface area contributed by atoms with Crippen molar-refractivity contribution in [2.75, 3.05) is 0 Å². The summed E-state index contributed by atoms with van der Waals surface area (Å²) in [6, 6.07) is 5.14. The maximum absolute atomic E-state index is 8.40. The van der Waals surface area contributed by atoms with Gasteiger partial charge in [0.05, 0.1) is 6.07 Å². The number of rotatable bonds is 1. The van der Waals surface area contributed by atoms with Crippen LogP contribution in [-0.2, 0) is 0 Å². The van der Waals surface area contributed by atoms with Gasteiger partial charge in [0.15, 0.2) is 0 Å². The number of nitrogens with zero attached hydrogens (tertiary/aromatic N) is 1. The number of hydrogen-bond acceptors (Lipinski definition) is 2. The van der Waals surface area contributed by atoms with Gasteiger partial charge in [-0.3, -0.25) is 0 Å². The third kappa shape index (κ3) is 1.17. The van der Waals surface area contributed by atoms with Gasteiger partial charge in [0.2, 0.25) is 0 Å². The van der Waals surface area contributed by atoms with E-state index in [-0.39, 0.29) is 0 Å². The van der Waals surface area contributed by atoms with Crippen LogP contribution in [-0.4, -0.2) is 4.98 Å². The number of aromatic nitrogens is 1. The minimum absolute atomic E-state index is 0.520. The van der Waals surface area contributed by atoms with Gasteiger partial charge in [-0.05, 0) is 19.1 Å². The Morgan fingerprint density at radius 3 is 2.80 bits per heavy atom. The van der Waals surface area contributed by atoms with Crippen LogP contribution in [0, 0.1) is 18.3 Å². The Balaban J connectivity index is 2.87. The standard InChI is InChI=1S/C7H9N3/c1-5-2-3-7(10-5)6(9)4-8/h2-3,6,10H,9H2,1H3. The lowest BCUT2D eigenvalue weighted by molar-refractivity contribution is 0.882. The van der Waals surface area contributed by atoms with Crippen LogP contribution in [0.2, 0.25) is 0 Å². The summed E-state index contributed by atoms with van der Waals surface area (Å²) in [5.74, 6) is 0. The average molecular weight is 135 g/mol. The summed E-state index contributed by atoms with van der Waals surface area (Å²) in [6.07, 6.45) is 0. The first kappa shape index (κ1) is 6.84. The van der Waals surface area contributed by atoms with E-state index in [9.17, 15) is 0 Å². The number of H-pyrrole nitrogens is 1. The molecule has 0 amide bonds. The van der Waals surface area contributed by atoms with Crippen LogP contribution < -0.4 is 5.73 Å². The molecule has 0 bridgehead atoms.